The van der Waals surface area contributed by atoms with E-state index in [1.165, 1.54) is 6.20 Å². The molecule has 1 atom stereocenters. The maximum atomic E-state index is 11.3. The number of hydrogen-bond acceptors (Lipinski definition) is 3. The normalized spacial score (nSPS) is 12.4. The summed E-state index contributed by atoms with van der Waals surface area (Å²) in [6, 6.07) is 0. The zero-order chi connectivity index (χ0) is 10.6. The van der Waals surface area contributed by atoms with Crippen LogP contribution in [0.3, 0.4) is 0 Å². The molecule has 0 aliphatic heterocycles. The number of imidazole rings is 1. The summed E-state index contributed by atoms with van der Waals surface area (Å²) in [4.78, 5) is 26.6. The number of rotatable bonds is 4. The Hall–Kier alpha value is -1.56. The molecule has 0 saturated carbocycles. The summed E-state index contributed by atoms with van der Waals surface area (Å²) in [5.74, 6) is -0.353. The zero-order valence-corrected chi connectivity index (χ0v) is 7.83. The van der Waals surface area contributed by atoms with Crippen molar-refractivity contribution in [1.82, 2.24) is 15.3 Å². The lowest BCUT2D eigenvalue weighted by Crippen LogP contribution is -2.30. The fourth-order valence-electron chi connectivity index (χ4n) is 0.881. The third-order valence-corrected chi connectivity index (χ3v) is 1.76. The molecule has 6 nitrogen and oxygen atoms in total. The molecule has 0 aliphatic carbocycles. The summed E-state index contributed by atoms with van der Waals surface area (Å²) >= 11 is 0. The summed E-state index contributed by atoms with van der Waals surface area (Å²) in [6.45, 7) is 2.20. The van der Waals surface area contributed by atoms with E-state index in [1.807, 2.05) is 0 Å². The van der Waals surface area contributed by atoms with Gasteiger partial charge in [-0.3, -0.25) is 4.79 Å². The van der Waals surface area contributed by atoms with Gasteiger partial charge in [0.25, 0.3) is 5.91 Å². The highest BCUT2D eigenvalue weighted by molar-refractivity contribution is 5.91. The van der Waals surface area contributed by atoms with Crippen LogP contribution >= 0.6 is 0 Å². The average molecular weight is 199 g/mol. The Bertz CT molecular complexity index is 355. The van der Waals surface area contributed by atoms with Crippen molar-refractivity contribution in [3.8, 4) is 0 Å². The fraction of sp³-hybridized carbons (Fsp3) is 0.500. The third kappa shape index (κ3) is 2.74. The standard InChI is InChI=1S/C8H13N3O3/c1-5(4-12)2-9-7(13)6-3-10-8(14)11-6/h3,5,12H,2,4H2,1H3,(H,9,13)(H2,10,11,14). The van der Waals surface area contributed by atoms with E-state index >= 15 is 0 Å². The molecule has 4 N–H and O–H groups in total. The van der Waals surface area contributed by atoms with E-state index in [2.05, 4.69) is 15.3 Å². The first-order valence-corrected chi connectivity index (χ1v) is 4.30. The van der Waals surface area contributed by atoms with Crippen LogP contribution in [-0.4, -0.2) is 34.1 Å². The Kier molecular flexibility index (Phi) is 3.47. The highest BCUT2D eigenvalue weighted by Crippen LogP contribution is 1.91. The number of amides is 1. The monoisotopic (exact) mass is 199 g/mol. The Labute approximate surface area is 80.4 Å². The van der Waals surface area contributed by atoms with E-state index in [1.54, 1.807) is 6.92 Å². The van der Waals surface area contributed by atoms with Crippen LogP contribution in [0.5, 0.6) is 0 Å². The second-order valence-electron chi connectivity index (χ2n) is 3.15. The molecule has 78 valence electrons. The molecule has 0 aromatic carbocycles. The van der Waals surface area contributed by atoms with Crippen molar-refractivity contribution < 1.29 is 9.90 Å². The molecule has 6 heteroatoms. The lowest BCUT2D eigenvalue weighted by molar-refractivity contribution is 0.0937. The Balaban J connectivity index is 2.47. The van der Waals surface area contributed by atoms with Gasteiger partial charge in [0, 0.05) is 19.3 Å². The van der Waals surface area contributed by atoms with Crippen LogP contribution in [0.25, 0.3) is 0 Å². The first-order chi connectivity index (χ1) is 6.63. The van der Waals surface area contributed by atoms with Crippen molar-refractivity contribution in [2.24, 2.45) is 5.92 Å². The smallest absolute Gasteiger partial charge is 0.323 e. The maximum Gasteiger partial charge on any atom is 0.323 e. The molecule has 0 saturated heterocycles. The molecule has 14 heavy (non-hydrogen) atoms. The first kappa shape index (κ1) is 10.5. The van der Waals surface area contributed by atoms with Gasteiger partial charge in [-0.2, -0.15) is 0 Å². The van der Waals surface area contributed by atoms with Crippen molar-refractivity contribution in [2.75, 3.05) is 13.2 Å². The zero-order valence-electron chi connectivity index (χ0n) is 7.83. The minimum atomic E-state index is -0.412. The SMILES string of the molecule is CC(CO)CNC(=O)c1c[nH]c(=O)[nH]1. The van der Waals surface area contributed by atoms with E-state index in [4.69, 9.17) is 5.11 Å². The number of carbonyl (C=O) groups excluding carboxylic acids is 1. The summed E-state index contributed by atoms with van der Waals surface area (Å²) in [7, 11) is 0. The van der Waals surface area contributed by atoms with Crippen molar-refractivity contribution >= 4 is 5.91 Å². The van der Waals surface area contributed by atoms with Crippen molar-refractivity contribution in [2.45, 2.75) is 6.92 Å². The van der Waals surface area contributed by atoms with Crippen LogP contribution in [0.4, 0.5) is 0 Å². The first-order valence-electron chi connectivity index (χ1n) is 4.30. The largest absolute Gasteiger partial charge is 0.396 e. The lowest BCUT2D eigenvalue weighted by Gasteiger charge is -2.07. The predicted octanol–water partition coefficient (Wildman–Crippen LogP) is -0.939. The van der Waals surface area contributed by atoms with Gasteiger partial charge in [-0.1, -0.05) is 6.92 Å². The number of H-pyrrole nitrogens is 2. The Morgan fingerprint density at radius 2 is 2.43 bits per heavy atom. The number of aromatic nitrogens is 2. The molecule has 0 radical (unpaired) electrons. The summed E-state index contributed by atoms with van der Waals surface area (Å²) < 4.78 is 0. The summed E-state index contributed by atoms with van der Waals surface area (Å²) in [5.41, 5.74) is -0.217. The molecule has 0 aliphatic rings. The van der Waals surface area contributed by atoms with Crippen molar-refractivity contribution in [3.05, 3.63) is 22.4 Å². The number of aliphatic hydroxyl groups is 1. The van der Waals surface area contributed by atoms with Crippen LogP contribution in [-0.2, 0) is 0 Å². The van der Waals surface area contributed by atoms with E-state index in [0.717, 1.165) is 0 Å². The molecule has 0 spiro atoms. The van der Waals surface area contributed by atoms with Gasteiger partial charge in [0.2, 0.25) is 0 Å². The third-order valence-electron chi connectivity index (χ3n) is 1.76. The molecule has 1 amide bonds. The molecular formula is C8H13N3O3. The van der Waals surface area contributed by atoms with Crippen molar-refractivity contribution in [3.63, 3.8) is 0 Å². The van der Waals surface area contributed by atoms with Gasteiger partial charge >= 0.3 is 5.69 Å². The fourth-order valence-corrected chi connectivity index (χ4v) is 0.881. The Morgan fingerprint density at radius 1 is 1.71 bits per heavy atom. The molecule has 0 fully saturated rings. The molecule has 1 heterocycles. The van der Waals surface area contributed by atoms with E-state index < -0.39 is 5.69 Å². The van der Waals surface area contributed by atoms with Crippen LogP contribution in [0.2, 0.25) is 0 Å². The number of carbonyl (C=O) groups is 1. The number of hydrogen-bond donors (Lipinski definition) is 4. The van der Waals surface area contributed by atoms with E-state index in [9.17, 15) is 9.59 Å². The molecule has 1 aromatic rings. The highest BCUT2D eigenvalue weighted by atomic mass is 16.3. The second kappa shape index (κ2) is 4.61. The molecule has 1 unspecified atom stereocenters. The predicted molar refractivity (Wildman–Crippen MR) is 50.0 cm³/mol. The lowest BCUT2D eigenvalue weighted by atomic mass is 10.2. The van der Waals surface area contributed by atoms with Gasteiger partial charge in [0.15, 0.2) is 0 Å². The van der Waals surface area contributed by atoms with Gasteiger partial charge in [-0.25, -0.2) is 4.79 Å². The second-order valence-corrected chi connectivity index (χ2v) is 3.15. The van der Waals surface area contributed by atoms with E-state index in [-0.39, 0.29) is 24.1 Å². The summed E-state index contributed by atoms with van der Waals surface area (Å²) in [6.07, 6.45) is 1.31. The number of nitrogens with one attached hydrogen (secondary N) is 3. The maximum absolute atomic E-state index is 11.3. The average Bonchev–Trinajstić information content (AvgIpc) is 2.60. The Morgan fingerprint density at radius 3 is 2.93 bits per heavy atom. The molecule has 0 bridgehead atoms. The highest BCUT2D eigenvalue weighted by Gasteiger charge is 2.08. The van der Waals surface area contributed by atoms with Gasteiger partial charge in [0.05, 0.1) is 0 Å². The molecular weight excluding hydrogens is 186 g/mol. The number of aromatic amines is 2. The van der Waals surface area contributed by atoms with Gasteiger partial charge in [0.1, 0.15) is 5.69 Å². The van der Waals surface area contributed by atoms with Gasteiger partial charge < -0.3 is 20.4 Å². The minimum absolute atomic E-state index is 0.00427. The van der Waals surface area contributed by atoms with E-state index in [0.29, 0.717) is 6.54 Å². The van der Waals surface area contributed by atoms with Gasteiger partial charge in [-0.15, -0.1) is 0 Å². The van der Waals surface area contributed by atoms with Crippen LogP contribution in [0.15, 0.2) is 11.0 Å². The minimum Gasteiger partial charge on any atom is -0.396 e. The van der Waals surface area contributed by atoms with Gasteiger partial charge in [-0.05, 0) is 5.92 Å². The van der Waals surface area contributed by atoms with Crippen LogP contribution in [0, 0.1) is 5.92 Å². The quantitative estimate of drug-likeness (QED) is 0.503. The summed E-state index contributed by atoms with van der Waals surface area (Å²) in [5, 5.41) is 11.3. The van der Waals surface area contributed by atoms with Crippen LogP contribution in [0.1, 0.15) is 17.4 Å². The molecule has 1 rings (SSSR count). The van der Waals surface area contributed by atoms with Crippen LogP contribution < -0.4 is 11.0 Å². The topological polar surface area (TPSA) is 98.0 Å². The van der Waals surface area contributed by atoms with Crippen molar-refractivity contribution in [1.29, 1.82) is 0 Å². The molecule has 1 aromatic heterocycles. The number of aliphatic hydroxyl groups excluding tert-OH is 1.